The van der Waals surface area contributed by atoms with Crippen LogP contribution in [-0.4, -0.2) is 29.8 Å². The fraction of sp³-hybridized carbons (Fsp3) is 0.538. The Morgan fingerprint density at radius 3 is 1.43 bits per heavy atom. The maximum atomic E-state index is 13.1. The van der Waals surface area contributed by atoms with Crippen molar-refractivity contribution >= 4 is 0 Å². The van der Waals surface area contributed by atoms with Crippen LogP contribution < -0.4 is 0 Å². The molecule has 1 aliphatic heterocycles. The van der Waals surface area contributed by atoms with E-state index in [1.54, 1.807) is 0 Å². The molecule has 0 aromatic carbocycles. The minimum Gasteiger partial charge on any atom is -0.293 e. The van der Waals surface area contributed by atoms with Crippen LogP contribution in [-0.2, 0) is 9.47 Å². The van der Waals surface area contributed by atoms with Crippen LogP contribution in [0.4, 0.5) is 35.1 Å². The summed E-state index contributed by atoms with van der Waals surface area (Å²) in [5.41, 5.74) is 0. The molecule has 1 heterocycles. The lowest BCUT2D eigenvalue weighted by Crippen LogP contribution is -2.53. The van der Waals surface area contributed by atoms with Gasteiger partial charge >= 0.3 is 18.1 Å². The third-order valence-electron chi connectivity index (χ3n) is 2.40. The zero-order chi connectivity index (χ0) is 18.7. The molecule has 0 bridgehead atoms. The predicted molar refractivity (Wildman–Crippen MR) is 61.5 cm³/mol. The number of alkyl halides is 8. The first-order valence-electron chi connectivity index (χ1n) is 5.41. The van der Waals surface area contributed by atoms with Crippen molar-refractivity contribution in [3.8, 4) is 36.5 Å². The number of rotatable bonds is 1. The van der Waals surface area contributed by atoms with Gasteiger partial charge in [0.25, 0.3) is 5.92 Å². The zero-order valence-electron chi connectivity index (χ0n) is 11.5. The van der Waals surface area contributed by atoms with E-state index in [0.717, 1.165) is 0 Å². The predicted octanol–water partition coefficient (Wildman–Crippen LogP) is 3.48. The summed E-state index contributed by atoms with van der Waals surface area (Å²) in [4.78, 5) is 0. The van der Waals surface area contributed by atoms with Gasteiger partial charge in [-0.15, -0.1) is 12.8 Å². The highest BCUT2D eigenvalue weighted by Crippen LogP contribution is 2.58. The molecule has 1 fully saturated rings. The van der Waals surface area contributed by atoms with Crippen LogP contribution >= 0.6 is 0 Å². The third kappa shape index (κ3) is 4.07. The van der Waals surface area contributed by atoms with Crippen molar-refractivity contribution in [2.24, 2.45) is 0 Å². The van der Waals surface area contributed by atoms with Gasteiger partial charge in [0.2, 0.25) is 5.79 Å². The van der Waals surface area contributed by atoms with Gasteiger partial charge in [0, 0.05) is 6.92 Å². The maximum absolute atomic E-state index is 13.1. The maximum Gasteiger partial charge on any atom is 0.458 e. The van der Waals surface area contributed by atoms with E-state index in [9.17, 15) is 35.1 Å². The number of hydrogen-bond donors (Lipinski definition) is 0. The summed E-state index contributed by atoms with van der Waals surface area (Å²) >= 11 is 0. The molecule has 0 spiro atoms. The Kier molecular flexibility index (Phi) is 5.74. The second-order valence-electron chi connectivity index (χ2n) is 4.19. The standard InChI is InChI=1S/C7H6F8O2.C6H2/c1-3(8,9)4(2)16-5(10,6(11,12)13)7(14,15)17-4;1-3-5-6-4-2/h1-2H3;1-2H. The molecule has 0 amide bonds. The molecule has 0 radical (unpaired) electrons. The van der Waals surface area contributed by atoms with E-state index in [1.807, 2.05) is 0 Å². The summed E-state index contributed by atoms with van der Waals surface area (Å²) in [6, 6.07) is 0. The fourth-order valence-electron chi connectivity index (χ4n) is 1.13. The van der Waals surface area contributed by atoms with Gasteiger partial charge in [0.05, 0.1) is 0 Å². The SMILES string of the molecule is C#CC#CC#C.CC(F)(F)C1(C)OC(F)(F)C(F)(C(F)(F)F)O1. The van der Waals surface area contributed by atoms with Crippen LogP contribution in [0.3, 0.4) is 0 Å². The molecule has 0 aromatic rings. The second kappa shape index (κ2) is 6.27. The molecule has 0 aromatic heterocycles. The lowest BCUT2D eigenvalue weighted by Gasteiger charge is -2.29. The first-order valence-corrected chi connectivity index (χ1v) is 5.41. The van der Waals surface area contributed by atoms with E-state index in [2.05, 4.69) is 33.2 Å². The molecule has 1 saturated heterocycles. The number of hydrogen-bond acceptors (Lipinski definition) is 2. The second-order valence-corrected chi connectivity index (χ2v) is 4.19. The van der Waals surface area contributed by atoms with Gasteiger partial charge in [0.15, 0.2) is 0 Å². The first kappa shape index (κ1) is 21.0. The molecule has 2 atom stereocenters. The van der Waals surface area contributed by atoms with Crippen molar-refractivity contribution in [2.45, 2.75) is 43.7 Å². The summed E-state index contributed by atoms with van der Waals surface area (Å²) in [5.74, 6) is -5.00. The van der Waals surface area contributed by atoms with Crippen molar-refractivity contribution in [2.75, 3.05) is 0 Å². The lowest BCUT2D eigenvalue weighted by molar-refractivity contribution is -0.395. The van der Waals surface area contributed by atoms with Gasteiger partial charge in [-0.1, -0.05) is 0 Å². The van der Waals surface area contributed by atoms with E-state index in [-0.39, 0.29) is 13.8 Å². The van der Waals surface area contributed by atoms with Gasteiger partial charge in [-0.2, -0.15) is 26.3 Å². The molecule has 1 rings (SSSR count). The van der Waals surface area contributed by atoms with Crippen LogP contribution in [0.25, 0.3) is 0 Å². The first-order chi connectivity index (χ1) is 10.1. The number of terminal acetylenes is 2. The van der Waals surface area contributed by atoms with Crippen LogP contribution in [0.2, 0.25) is 0 Å². The Bertz CT molecular complexity index is 563. The normalized spacial score (nSPS) is 29.2. The molecule has 0 saturated carbocycles. The van der Waals surface area contributed by atoms with Gasteiger partial charge in [0.1, 0.15) is 0 Å². The molecule has 10 heteroatoms. The lowest BCUT2D eigenvalue weighted by atomic mass is 10.2. The molecular weight excluding hydrogens is 340 g/mol. The van der Waals surface area contributed by atoms with Crippen molar-refractivity contribution in [1.29, 1.82) is 0 Å². The summed E-state index contributed by atoms with van der Waals surface area (Å²) in [7, 11) is 0. The van der Waals surface area contributed by atoms with Gasteiger partial charge in [-0.05, 0) is 30.6 Å². The Morgan fingerprint density at radius 1 is 0.870 bits per heavy atom. The summed E-state index contributed by atoms with van der Waals surface area (Å²) < 4.78 is 107. The minimum absolute atomic E-state index is 0.0365. The Labute approximate surface area is 126 Å². The molecule has 0 aliphatic carbocycles. The summed E-state index contributed by atoms with van der Waals surface area (Å²) in [5, 5.41) is 0. The van der Waals surface area contributed by atoms with Gasteiger partial charge < -0.3 is 0 Å². The highest BCUT2D eigenvalue weighted by atomic mass is 19.4. The Morgan fingerprint density at radius 2 is 1.26 bits per heavy atom. The van der Waals surface area contributed by atoms with Gasteiger partial charge in [-0.3, -0.25) is 9.47 Å². The quantitative estimate of drug-likeness (QED) is 0.534. The van der Waals surface area contributed by atoms with E-state index < -0.39 is 29.8 Å². The summed E-state index contributed by atoms with van der Waals surface area (Å²) in [6.07, 6.45) is -2.40. The average Bonchev–Trinajstić information content (AvgIpc) is 2.53. The molecule has 2 nitrogen and oxygen atoms in total. The van der Waals surface area contributed by atoms with E-state index in [0.29, 0.717) is 0 Å². The van der Waals surface area contributed by atoms with Crippen molar-refractivity contribution in [1.82, 2.24) is 0 Å². The Hall–Kier alpha value is -1.96. The zero-order valence-corrected chi connectivity index (χ0v) is 11.5. The van der Waals surface area contributed by atoms with Crippen molar-refractivity contribution in [3.05, 3.63) is 0 Å². The third-order valence-corrected chi connectivity index (χ3v) is 2.40. The van der Waals surface area contributed by atoms with Crippen LogP contribution in [0, 0.1) is 36.5 Å². The van der Waals surface area contributed by atoms with Gasteiger partial charge in [-0.25, -0.2) is 8.78 Å². The molecule has 2 unspecified atom stereocenters. The smallest absolute Gasteiger partial charge is 0.293 e. The van der Waals surface area contributed by atoms with Crippen LogP contribution in [0.15, 0.2) is 0 Å². The monoisotopic (exact) mass is 348 g/mol. The molecule has 0 N–H and O–H groups in total. The van der Waals surface area contributed by atoms with Crippen LogP contribution in [0.1, 0.15) is 13.8 Å². The van der Waals surface area contributed by atoms with Crippen molar-refractivity contribution < 1.29 is 44.6 Å². The number of halogens is 8. The molecular formula is C13H8F8O2. The topological polar surface area (TPSA) is 18.5 Å². The largest absolute Gasteiger partial charge is 0.458 e. The van der Waals surface area contributed by atoms with E-state index >= 15 is 0 Å². The van der Waals surface area contributed by atoms with Crippen molar-refractivity contribution in [3.63, 3.8) is 0 Å². The Balaban J connectivity index is 0.000000688. The highest BCUT2D eigenvalue weighted by Gasteiger charge is 2.84. The summed E-state index contributed by atoms with van der Waals surface area (Å²) in [6.45, 7) is 0.0547. The van der Waals surface area contributed by atoms with E-state index in [4.69, 9.17) is 12.8 Å². The minimum atomic E-state index is -6.22. The number of ether oxygens (including phenoxy) is 2. The highest BCUT2D eigenvalue weighted by molar-refractivity contribution is 5.31. The molecule has 23 heavy (non-hydrogen) atoms. The average molecular weight is 348 g/mol. The van der Waals surface area contributed by atoms with E-state index in [1.165, 1.54) is 0 Å². The molecule has 128 valence electrons. The molecule has 1 aliphatic rings. The fourth-order valence-corrected chi connectivity index (χ4v) is 1.13. The van der Waals surface area contributed by atoms with Crippen LogP contribution in [0.5, 0.6) is 0 Å².